The van der Waals surface area contributed by atoms with Gasteiger partial charge in [-0.3, -0.25) is 4.79 Å². The van der Waals surface area contributed by atoms with Crippen LogP contribution in [-0.4, -0.2) is 17.6 Å². The highest BCUT2D eigenvalue weighted by Gasteiger charge is 2.32. The van der Waals surface area contributed by atoms with E-state index >= 15 is 0 Å². The first-order chi connectivity index (χ1) is 11.9. The van der Waals surface area contributed by atoms with Gasteiger partial charge in [-0.15, -0.1) is 0 Å². The first kappa shape index (κ1) is 17.6. The molecule has 0 spiro atoms. The number of fused-ring (bicyclic) bond motifs is 1. The number of aliphatic hydroxyl groups is 1. The van der Waals surface area contributed by atoms with Crippen LogP contribution in [0.5, 0.6) is 0 Å². The van der Waals surface area contributed by atoms with E-state index < -0.39 is 5.92 Å². The molecule has 1 aliphatic heterocycles. The summed E-state index contributed by atoms with van der Waals surface area (Å²) in [6.07, 6.45) is 0. The Morgan fingerprint density at radius 1 is 1.24 bits per heavy atom. The normalized spacial score (nSPS) is 17.6. The summed E-state index contributed by atoms with van der Waals surface area (Å²) < 4.78 is 13.9. The van der Waals surface area contributed by atoms with Crippen LogP contribution < -0.4 is 4.90 Å². The predicted octanol–water partition coefficient (Wildman–Crippen LogP) is 4.26. The lowest BCUT2D eigenvalue weighted by atomic mass is 9.99. The molecule has 2 aromatic carbocycles. The van der Waals surface area contributed by atoms with Crippen LogP contribution in [0.25, 0.3) is 5.03 Å². The monoisotopic (exact) mass is 359 g/mol. The Balaban J connectivity index is 2.09. The van der Waals surface area contributed by atoms with Crippen LogP contribution in [0.4, 0.5) is 10.1 Å². The molecule has 2 aromatic rings. The van der Waals surface area contributed by atoms with E-state index in [0.29, 0.717) is 33.0 Å². The van der Waals surface area contributed by atoms with Gasteiger partial charge in [0.05, 0.1) is 29.8 Å². The van der Waals surface area contributed by atoms with Crippen LogP contribution in [0.2, 0.25) is 0 Å². The van der Waals surface area contributed by atoms with Gasteiger partial charge < -0.3 is 10.0 Å². The van der Waals surface area contributed by atoms with E-state index in [1.54, 1.807) is 24.8 Å². The second kappa shape index (κ2) is 6.98. The lowest BCUT2D eigenvalue weighted by molar-refractivity contribution is -0.121. The van der Waals surface area contributed by atoms with Gasteiger partial charge in [0.1, 0.15) is 5.82 Å². The Morgan fingerprint density at radius 2 is 1.96 bits per heavy atom. The molecule has 1 atom stereocenters. The van der Waals surface area contributed by atoms with Crippen molar-refractivity contribution in [2.45, 2.75) is 20.4 Å². The SMILES string of the molecule is Cc1ccc(CN2C(=O)C(C)C(CO)=C(Cl)c3ccccc32)cc1F. The van der Waals surface area contributed by atoms with Crippen molar-refractivity contribution in [3.8, 4) is 0 Å². The summed E-state index contributed by atoms with van der Waals surface area (Å²) in [6.45, 7) is 3.38. The van der Waals surface area contributed by atoms with Crippen molar-refractivity contribution in [1.82, 2.24) is 0 Å². The molecule has 1 N–H and O–H groups in total. The number of nitrogens with zero attached hydrogens (tertiary/aromatic N) is 1. The highest BCUT2D eigenvalue weighted by molar-refractivity contribution is 6.50. The van der Waals surface area contributed by atoms with Gasteiger partial charge in [0.2, 0.25) is 5.91 Å². The zero-order valence-electron chi connectivity index (χ0n) is 14.1. The highest BCUT2D eigenvalue weighted by atomic mass is 35.5. The number of anilines is 1. The topological polar surface area (TPSA) is 40.5 Å². The Morgan fingerprint density at radius 3 is 2.64 bits per heavy atom. The van der Waals surface area contributed by atoms with Crippen molar-refractivity contribution in [3.63, 3.8) is 0 Å². The maximum atomic E-state index is 13.9. The van der Waals surface area contributed by atoms with Crippen LogP contribution in [-0.2, 0) is 11.3 Å². The number of benzene rings is 2. The van der Waals surface area contributed by atoms with Gasteiger partial charge in [-0.1, -0.05) is 41.9 Å². The summed E-state index contributed by atoms with van der Waals surface area (Å²) >= 11 is 6.47. The lowest BCUT2D eigenvalue weighted by Gasteiger charge is -2.25. The molecule has 1 heterocycles. The number of hydrogen-bond acceptors (Lipinski definition) is 2. The minimum Gasteiger partial charge on any atom is -0.392 e. The van der Waals surface area contributed by atoms with Gasteiger partial charge in [0.15, 0.2) is 0 Å². The molecule has 5 heteroatoms. The molecule has 25 heavy (non-hydrogen) atoms. The molecule has 3 nitrogen and oxygen atoms in total. The van der Waals surface area contributed by atoms with E-state index in [-0.39, 0.29) is 24.9 Å². The van der Waals surface area contributed by atoms with Gasteiger partial charge in [-0.2, -0.15) is 0 Å². The largest absolute Gasteiger partial charge is 0.392 e. The third-order valence-corrected chi connectivity index (χ3v) is 5.07. The van der Waals surface area contributed by atoms with Crippen LogP contribution >= 0.6 is 11.6 Å². The smallest absolute Gasteiger partial charge is 0.234 e. The number of aryl methyl sites for hydroxylation is 1. The highest BCUT2D eigenvalue weighted by Crippen LogP contribution is 2.39. The summed E-state index contributed by atoms with van der Waals surface area (Å²) in [4.78, 5) is 14.6. The van der Waals surface area contributed by atoms with E-state index in [1.165, 1.54) is 6.07 Å². The molecule has 0 saturated carbocycles. The number of carbonyl (C=O) groups excluding carboxylic acids is 1. The third-order valence-electron chi connectivity index (χ3n) is 4.62. The minimum atomic E-state index is -0.555. The van der Waals surface area contributed by atoms with Crippen molar-refractivity contribution in [2.75, 3.05) is 11.5 Å². The molecule has 0 radical (unpaired) electrons. The van der Waals surface area contributed by atoms with Crippen molar-refractivity contribution in [3.05, 3.63) is 70.5 Å². The number of hydrogen-bond donors (Lipinski definition) is 1. The molecule has 0 aliphatic carbocycles. The van der Waals surface area contributed by atoms with Gasteiger partial charge in [-0.25, -0.2) is 4.39 Å². The fourth-order valence-corrected chi connectivity index (χ4v) is 3.43. The first-order valence-electron chi connectivity index (χ1n) is 8.09. The van der Waals surface area contributed by atoms with E-state index in [2.05, 4.69) is 0 Å². The zero-order valence-corrected chi connectivity index (χ0v) is 14.8. The molecule has 0 saturated heterocycles. The molecule has 1 amide bonds. The van der Waals surface area contributed by atoms with Crippen LogP contribution in [0.1, 0.15) is 23.6 Å². The average Bonchev–Trinajstić information content (AvgIpc) is 2.68. The van der Waals surface area contributed by atoms with Crippen molar-refractivity contribution < 1.29 is 14.3 Å². The Hall–Kier alpha value is -2.17. The van der Waals surface area contributed by atoms with E-state index in [1.807, 2.05) is 30.3 Å². The van der Waals surface area contributed by atoms with Crippen LogP contribution in [0, 0.1) is 18.7 Å². The predicted molar refractivity (Wildman–Crippen MR) is 97.8 cm³/mol. The van der Waals surface area contributed by atoms with E-state index in [4.69, 9.17) is 11.6 Å². The lowest BCUT2D eigenvalue weighted by Crippen LogP contribution is -2.35. The zero-order chi connectivity index (χ0) is 18.1. The molecule has 0 aromatic heterocycles. The van der Waals surface area contributed by atoms with E-state index in [9.17, 15) is 14.3 Å². The van der Waals surface area contributed by atoms with Crippen molar-refractivity contribution in [1.29, 1.82) is 0 Å². The summed E-state index contributed by atoms with van der Waals surface area (Å²) in [5.41, 5.74) is 3.11. The van der Waals surface area contributed by atoms with Gasteiger partial charge >= 0.3 is 0 Å². The molecule has 130 valence electrons. The Kier molecular flexibility index (Phi) is 4.93. The molecule has 3 rings (SSSR count). The maximum Gasteiger partial charge on any atom is 0.234 e. The third kappa shape index (κ3) is 3.20. The van der Waals surface area contributed by atoms with E-state index in [0.717, 1.165) is 0 Å². The molecule has 1 unspecified atom stereocenters. The van der Waals surface area contributed by atoms with Gasteiger partial charge in [0, 0.05) is 5.56 Å². The van der Waals surface area contributed by atoms with Crippen LogP contribution in [0.3, 0.4) is 0 Å². The molecule has 0 fully saturated rings. The average molecular weight is 360 g/mol. The number of rotatable bonds is 3. The van der Waals surface area contributed by atoms with Crippen molar-refractivity contribution in [2.24, 2.45) is 5.92 Å². The number of aliphatic hydroxyl groups excluding tert-OH is 1. The van der Waals surface area contributed by atoms with Crippen molar-refractivity contribution >= 4 is 28.2 Å². The molecular formula is C20H19ClFNO2. The van der Waals surface area contributed by atoms with Gasteiger partial charge in [-0.05, 0) is 42.7 Å². The quantitative estimate of drug-likeness (QED) is 0.889. The number of amides is 1. The Labute approximate surface area is 151 Å². The summed E-state index contributed by atoms with van der Waals surface area (Å²) in [5.74, 6) is -1.03. The van der Waals surface area contributed by atoms with Gasteiger partial charge in [0.25, 0.3) is 0 Å². The summed E-state index contributed by atoms with van der Waals surface area (Å²) in [5, 5.41) is 10.1. The summed E-state index contributed by atoms with van der Waals surface area (Å²) in [7, 11) is 0. The minimum absolute atomic E-state index is 0.173. The fourth-order valence-electron chi connectivity index (χ4n) is 3.05. The fraction of sp³-hybridized carbons (Fsp3) is 0.250. The second-order valence-electron chi connectivity index (χ2n) is 6.24. The Bertz CT molecular complexity index is 863. The maximum absolute atomic E-state index is 13.9. The molecule has 1 aliphatic rings. The number of para-hydroxylation sites is 1. The number of carbonyl (C=O) groups is 1. The number of halogens is 2. The molecular weight excluding hydrogens is 341 g/mol. The molecule has 0 bridgehead atoms. The standard InChI is InChI=1S/C20H19ClFNO2/c1-12-7-8-14(9-17(12)22)10-23-18-6-4-3-5-15(18)19(21)16(11-24)13(2)20(23)25/h3-9,13,24H,10-11H2,1-2H3. The second-order valence-corrected chi connectivity index (χ2v) is 6.62. The van der Waals surface area contributed by atoms with Crippen LogP contribution in [0.15, 0.2) is 48.0 Å². The first-order valence-corrected chi connectivity index (χ1v) is 8.47. The summed E-state index contributed by atoms with van der Waals surface area (Å²) in [6, 6.07) is 12.3.